The Kier molecular flexibility index (Phi) is 4.64. The number of ether oxygens (including phenoxy) is 1. The fourth-order valence-electron chi connectivity index (χ4n) is 2.13. The quantitative estimate of drug-likeness (QED) is 0.721. The van der Waals surface area contributed by atoms with E-state index in [1.165, 1.54) is 25.7 Å². The molecule has 4 nitrogen and oxygen atoms in total. The molecule has 1 saturated carbocycles. The van der Waals surface area contributed by atoms with Crippen LogP contribution in [0.15, 0.2) is 0 Å². The van der Waals surface area contributed by atoms with Crippen LogP contribution in [0.4, 0.5) is 0 Å². The fourth-order valence-corrected chi connectivity index (χ4v) is 2.13. The summed E-state index contributed by atoms with van der Waals surface area (Å²) in [6.45, 7) is 6.02. The largest absolute Gasteiger partial charge is 0.490 e. The Labute approximate surface area is 110 Å². The van der Waals surface area contributed by atoms with Crippen LogP contribution in [0, 0.1) is 13.8 Å². The minimum Gasteiger partial charge on any atom is -0.490 e. The normalized spacial score (nSPS) is 15.1. The SMILES string of the molecule is Cc1nn(C)c(C)c1OCCCCCNC1CC1. The van der Waals surface area contributed by atoms with Crippen LogP contribution in [-0.4, -0.2) is 29.0 Å². The van der Waals surface area contributed by atoms with Crippen molar-refractivity contribution in [2.45, 2.75) is 52.0 Å². The highest BCUT2D eigenvalue weighted by Gasteiger charge is 2.19. The van der Waals surface area contributed by atoms with Gasteiger partial charge in [-0.15, -0.1) is 0 Å². The van der Waals surface area contributed by atoms with Crippen LogP contribution in [0.1, 0.15) is 43.5 Å². The molecular weight excluding hydrogens is 226 g/mol. The molecule has 0 aliphatic heterocycles. The molecule has 0 amide bonds. The van der Waals surface area contributed by atoms with Crippen molar-refractivity contribution in [3.8, 4) is 5.75 Å². The first-order valence-electron chi connectivity index (χ1n) is 7.05. The van der Waals surface area contributed by atoms with E-state index in [-0.39, 0.29) is 0 Å². The molecule has 0 aromatic carbocycles. The van der Waals surface area contributed by atoms with E-state index in [0.29, 0.717) is 0 Å². The first-order valence-corrected chi connectivity index (χ1v) is 7.05. The highest BCUT2D eigenvalue weighted by atomic mass is 16.5. The van der Waals surface area contributed by atoms with E-state index in [1.807, 2.05) is 18.7 Å². The summed E-state index contributed by atoms with van der Waals surface area (Å²) >= 11 is 0. The highest BCUT2D eigenvalue weighted by molar-refractivity contribution is 5.31. The van der Waals surface area contributed by atoms with Crippen LogP contribution in [0.2, 0.25) is 0 Å². The summed E-state index contributed by atoms with van der Waals surface area (Å²) in [4.78, 5) is 0. The van der Waals surface area contributed by atoms with Crippen LogP contribution in [0.25, 0.3) is 0 Å². The lowest BCUT2D eigenvalue weighted by atomic mass is 10.2. The molecule has 1 heterocycles. The zero-order chi connectivity index (χ0) is 13.0. The predicted molar refractivity (Wildman–Crippen MR) is 73.1 cm³/mol. The van der Waals surface area contributed by atoms with Gasteiger partial charge in [-0.3, -0.25) is 4.68 Å². The van der Waals surface area contributed by atoms with Gasteiger partial charge in [0, 0.05) is 13.1 Å². The molecular formula is C14H25N3O. The molecule has 1 aromatic rings. The maximum Gasteiger partial charge on any atom is 0.162 e. The van der Waals surface area contributed by atoms with E-state index in [4.69, 9.17) is 4.74 Å². The maximum atomic E-state index is 5.82. The summed E-state index contributed by atoms with van der Waals surface area (Å²) in [6.07, 6.45) is 6.37. The molecule has 1 aliphatic carbocycles. The van der Waals surface area contributed by atoms with Gasteiger partial charge in [0.05, 0.1) is 12.3 Å². The topological polar surface area (TPSA) is 39.1 Å². The summed E-state index contributed by atoms with van der Waals surface area (Å²) in [5.74, 6) is 0.966. The maximum absolute atomic E-state index is 5.82. The molecule has 1 N–H and O–H groups in total. The van der Waals surface area contributed by atoms with E-state index in [9.17, 15) is 0 Å². The molecule has 0 atom stereocenters. The number of unbranched alkanes of at least 4 members (excludes halogenated alkanes) is 2. The third-order valence-corrected chi connectivity index (χ3v) is 3.52. The Morgan fingerprint density at radius 1 is 1.28 bits per heavy atom. The number of rotatable bonds is 8. The van der Waals surface area contributed by atoms with E-state index >= 15 is 0 Å². The number of nitrogens with zero attached hydrogens (tertiary/aromatic N) is 2. The van der Waals surface area contributed by atoms with Crippen molar-refractivity contribution in [2.24, 2.45) is 7.05 Å². The zero-order valence-corrected chi connectivity index (χ0v) is 11.8. The Morgan fingerprint density at radius 3 is 2.67 bits per heavy atom. The average molecular weight is 251 g/mol. The minimum absolute atomic E-state index is 0.802. The predicted octanol–water partition coefficient (Wildman–Crippen LogP) is 2.34. The molecule has 0 unspecified atom stereocenters. The number of aryl methyl sites for hydroxylation is 2. The summed E-state index contributed by atoms with van der Waals surface area (Å²) in [7, 11) is 1.96. The standard InChI is InChI=1S/C14H25N3O/c1-11-14(12(2)17(3)16-11)18-10-6-4-5-9-15-13-7-8-13/h13,15H,4-10H2,1-3H3. The van der Waals surface area contributed by atoms with E-state index in [0.717, 1.165) is 42.8 Å². The van der Waals surface area contributed by atoms with E-state index < -0.39 is 0 Å². The molecule has 0 spiro atoms. The Bertz CT molecular complexity index is 383. The first-order chi connectivity index (χ1) is 8.68. The van der Waals surface area contributed by atoms with Crippen molar-refractivity contribution in [3.05, 3.63) is 11.4 Å². The second-order valence-electron chi connectivity index (χ2n) is 5.26. The van der Waals surface area contributed by atoms with Gasteiger partial charge in [0.25, 0.3) is 0 Å². The lowest BCUT2D eigenvalue weighted by Crippen LogP contribution is -2.17. The van der Waals surface area contributed by atoms with Gasteiger partial charge >= 0.3 is 0 Å². The van der Waals surface area contributed by atoms with Crippen LogP contribution < -0.4 is 10.1 Å². The molecule has 18 heavy (non-hydrogen) atoms. The number of hydrogen-bond acceptors (Lipinski definition) is 3. The molecule has 1 fully saturated rings. The van der Waals surface area contributed by atoms with Gasteiger partial charge in [-0.25, -0.2) is 0 Å². The van der Waals surface area contributed by atoms with Crippen molar-refractivity contribution >= 4 is 0 Å². The van der Waals surface area contributed by atoms with Gasteiger partial charge in [0.15, 0.2) is 5.75 Å². The molecule has 102 valence electrons. The van der Waals surface area contributed by atoms with Crippen LogP contribution in [0.3, 0.4) is 0 Å². The second kappa shape index (κ2) is 6.23. The van der Waals surface area contributed by atoms with Crippen LogP contribution in [-0.2, 0) is 7.05 Å². The minimum atomic E-state index is 0.802. The number of nitrogens with one attached hydrogen (secondary N) is 1. The fraction of sp³-hybridized carbons (Fsp3) is 0.786. The molecule has 2 rings (SSSR count). The average Bonchev–Trinajstić information content (AvgIpc) is 3.11. The Morgan fingerprint density at radius 2 is 2.06 bits per heavy atom. The van der Waals surface area contributed by atoms with Crippen molar-refractivity contribution in [1.82, 2.24) is 15.1 Å². The monoisotopic (exact) mass is 251 g/mol. The van der Waals surface area contributed by atoms with Gasteiger partial charge < -0.3 is 10.1 Å². The number of hydrogen-bond donors (Lipinski definition) is 1. The van der Waals surface area contributed by atoms with Gasteiger partial charge in [0.2, 0.25) is 0 Å². The molecule has 0 saturated heterocycles. The second-order valence-corrected chi connectivity index (χ2v) is 5.26. The third kappa shape index (κ3) is 3.73. The number of aromatic nitrogens is 2. The molecule has 1 aromatic heterocycles. The van der Waals surface area contributed by atoms with Crippen molar-refractivity contribution < 1.29 is 4.74 Å². The van der Waals surface area contributed by atoms with Gasteiger partial charge in [0.1, 0.15) is 5.69 Å². The van der Waals surface area contributed by atoms with Gasteiger partial charge in [-0.1, -0.05) is 0 Å². The smallest absolute Gasteiger partial charge is 0.162 e. The molecule has 0 radical (unpaired) electrons. The van der Waals surface area contributed by atoms with E-state index in [1.54, 1.807) is 0 Å². The zero-order valence-electron chi connectivity index (χ0n) is 11.8. The summed E-state index contributed by atoms with van der Waals surface area (Å²) in [5, 5.41) is 7.88. The Hall–Kier alpha value is -1.03. The lowest BCUT2D eigenvalue weighted by Gasteiger charge is -2.06. The Balaban J connectivity index is 1.56. The highest BCUT2D eigenvalue weighted by Crippen LogP contribution is 2.21. The van der Waals surface area contributed by atoms with Crippen LogP contribution in [0.5, 0.6) is 5.75 Å². The van der Waals surface area contributed by atoms with Crippen molar-refractivity contribution in [1.29, 1.82) is 0 Å². The molecule has 1 aliphatic rings. The van der Waals surface area contributed by atoms with Crippen LogP contribution >= 0.6 is 0 Å². The first kappa shape index (κ1) is 13.4. The summed E-state index contributed by atoms with van der Waals surface area (Å²) < 4.78 is 7.70. The summed E-state index contributed by atoms with van der Waals surface area (Å²) in [6, 6.07) is 0.835. The van der Waals surface area contributed by atoms with Gasteiger partial charge in [-0.2, -0.15) is 5.10 Å². The van der Waals surface area contributed by atoms with E-state index in [2.05, 4.69) is 17.3 Å². The molecule has 4 heteroatoms. The third-order valence-electron chi connectivity index (χ3n) is 3.52. The lowest BCUT2D eigenvalue weighted by molar-refractivity contribution is 0.300. The van der Waals surface area contributed by atoms with Gasteiger partial charge in [-0.05, 0) is 52.5 Å². The molecule has 0 bridgehead atoms. The summed E-state index contributed by atoms with van der Waals surface area (Å²) in [5.41, 5.74) is 2.10. The van der Waals surface area contributed by atoms with Crippen molar-refractivity contribution in [3.63, 3.8) is 0 Å². The van der Waals surface area contributed by atoms with Crippen molar-refractivity contribution in [2.75, 3.05) is 13.2 Å².